The van der Waals surface area contributed by atoms with E-state index in [2.05, 4.69) is 10.9 Å². The molecule has 1 aliphatic heterocycles. The Hall–Kier alpha value is -3.31. The Kier molecular flexibility index (Phi) is 5.00. The highest BCUT2D eigenvalue weighted by Gasteiger charge is 2.18. The van der Waals surface area contributed by atoms with Gasteiger partial charge in [0.2, 0.25) is 5.91 Å². The smallest absolute Gasteiger partial charge is 0.269 e. The molecule has 0 bridgehead atoms. The minimum absolute atomic E-state index is 0.125. The highest BCUT2D eigenvalue weighted by Crippen LogP contribution is 2.28. The number of fused-ring (bicyclic) bond motifs is 2. The van der Waals surface area contributed by atoms with Gasteiger partial charge in [-0.1, -0.05) is 54.1 Å². The lowest BCUT2D eigenvalue weighted by atomic mass is 10.0. The van der Waals surface area contributed by atoms with Crippen molar-refractivity contribution in [1.29, 1.82) is 0 Å². The number of halogens is 1. The molecule has 0 saturated carbocycles. The minimum atomic E-state index is -0.420. The fraction of sp³-hybridized carbons (Fsp3) is 0.0909. The lowest BCUT2D eigenvalue weighted by Crippen LogP contribution is -2.43. The summed E-state index contributed by atoms with van der Waals surface area (Å²) >= 11 is 5.98. The van der Waals surface area contributed by atoms with Gasteiger partial charge in [0, 0.05) is 10.6 Å². The second-order valence-corrected chi connectivity index (χ2v) is 6.89. The van der Waals surface area contributed by atoms with Crippen LogP contribution in [-0.4, -0.2) is 18.4 Å². The van der Waals surface area contributed by atoms with Crippen LogP contribution in [0.15, 0.2) is 66.2 Å². The van der Waals surface area contributed by atoms with Crippen LogP contribution in [-0.2, 0) is 16.0 Å². The highest BCUT2D eigenvalue weighted by molar-refractivity contribution is 6.30. The Balaban J connectivity index is 1.40. The van der Waals surface area contributed by atoms with Crippen LogP contribution in [0.3, 0.4) is 0 Å². The van der Waals surface area contributed by atoms with Crippen LogP contribution < -0.4 is 15.6 Å². The maximum absolute atomic E-state index is 12.4. The van der Waals surface area contributed by atoms with E-state index in [1.165, 1.54) is 0 Å². The number of benzene rings is 3. The number of amides is 2. The van der Waals surface area contributed by atoms with Crippen LogP contribution in [0, 0.1) is 0 Å². The molecule has 2 N–H and O–H groups in total. The molecule has 140 valence electrons. The van der Waals surface area contributed by atoms with Crippen molar-refractivity contribution in [3.05, 3.63) is 82.4 Å². The van der Waals surface area contributed by atoms with E-state index in [1.807, 2.05) is 42.5 Å². The first kappa shape index (κ1) is 18.1. The molecule has 1 aliphatic rings. The van der Waals surface area contributed by atoms with Crippen LogP contribution in [0.1, 0.15) is 11.1 Å². The molecule has 3 aromatic rings. The number of carbonyl (C=O) groups excluding carboxylic acids is 2. The number of carbonyl (C=O) groups is 2. The molecule has 0 fully saturated rings. The largest absolute Gasteiger partial charge is 0.488 e. The molecule has 2 amide bonds. The van der Waals surface area contributed by atoms with Crippen LogP contribution in [0.4, 0.5) is 0 Å². The van der Waals surface area contributed by atoms with E-state index < -0.39 is 5.91 Å². The van der Waals surface area contributed by atoms with Gasteiger partial charge in [0.05, 0.1) is 12.0 Å². The molecule has 0 aliphatic carbocycles. The first-order valence-electron chi connectivity index (χ1n) is 8.79. The maximum Gasteiger partial charge on any atom is 0.269 e. The summed E-state index contributed by atoms with van der Waals surface area (Å²) in [6.07, 6.45) is 1.87. The summed E-state index contributed by atoms with van der Waals surface area (Å²) in [5.74, 6) is -0.0525. The van der Waals surface area contributed by atoms with Gasteiger partial charge in [0.25, 0.3) is 5.91 Å². The zero-order chi connectivity index (χ0) is 19.5. The summed E-state index contributed by atoms with van der Waals surface area (Å²) in [6, 6.07) is 18.9. The Morgan fingerprint density at radius 3 is 2.71 bits per heavy atom. The van der Waals surface area contributed by atoms with Crippen molar-refractivity contribution in [3.63, 3.8) is 0 Å². The molecule has 28 heavy (non-hydrogen) atoms. The van der Waals surface area contributed by atoms with Crippen LogP contribution in [0.2, 0.25) is 5.02 Å². The van der Waals surface area contributed by atoms with Gasteiger partial charge in [-0.2, -0.15) is 0 Å². The quantitative estimate of drug-likeness (QED) is 0.668. The highest BCUT2D eigenvalue weighted by atomic mass is 35.5. The summed E-state index contributed by atoms with van der Waals surface area (Å²) in [7, 11) is 0. The van der Waals surface area contributed by atoms with Crippen molar-refractivity contribution in [1.82, 2.24) is 10.9 Å². The van der Waals surface area contributed by atoms with E-state index in [4.69, 9.17) is 16.3 Å². The molecular weight excluding hydrogens is 376 g/mol. The maximum atomic E-state index is 12.4. The van der Waals surface area contributed by atoms with Crippen molar-refractivity contribution in [2.24, 2.45) is 0 Å². The van der Waals surface area contributed by atoms with Gasteiger partial charge in [-0.15, -0.1) is 0 Å². The van der Waals surface area contributed by atoms with Crippen molar-refractivity contribution in [2.75, 3.05) is 6.61 Å². The lowest BCUT2D eigenvalue weighted by Gasteiger charge is -2.18. The molecule has 0 saturated heterocycles. The van der Waals surface area contributed by atoms with Gasteiger partial charge in [-0.25, -0.2) is 0 Å². The predicted molar refractivity (Wildman–Crippen MR) is 109 cm³/mol. The van der Waals surface area contributed by atoms with E-state index >= 15 is 0 Å². The summed E-state index contributed by atoms with van der Waals surface area (Å²) in [4.78, 5) is 24.6. The van der Waals surface area contributed by atoms with Gasteiger partial charge in [0.1, 0.15) is 12.4 Å². The number of hydrogen-bond acceptors (Lipinski definition) is 3. The average Bonchev–Trinajstić information content (AvgIpc) is 2.71. The standard InChI is InChI=1S/C22H17ClN2O3/c23-18-8-9-20-16(11-18)10-17(13-28-20)22(27)25-24-21(26)12-15-6-3-5-14-4-1-2-7-19(14)15/h1-11H,12-13H2,(H,24,26)(H,25,27). The summed E-state index contributed by atoms with van der Waals surface area (Å²) < 4.78 is 5.56. The average molecular weight is 393 g/mol. The number of nitrogens with one attached hydrogen (secondary N) is 2. The summed E-state index contributed by atoms with van der Waals surface area (Å²) in [5, 5.41) is 2.64. The van der Waals surface area contributed by atoms with E-state index in [0.29, 0.717) is 16.3 Å². The third-order valence-corrected chi connectivity index (χ3v) is 4.76. The molecule has 3 aromatic carbocycles. The fourth-order valence-corrected chi connectivity index (χ4v) is 3.33. The monoisotopic (exact) mass is 392 g/mol. The molecule has 0 spiro atoms. The van der Waals surface area contributed by atoms with E-state index in [0.717, 1.165) is 21.9 Å². The van der Waals surface area contributed by atoms with Gasteiger partial charge >= 0.3 is 0 Å². The molecule has 5 nitrogen and oxygen atoms in total. The third-order valence-electron chi connectivity index (χ3n) is 4.52. The third kappa shape index (κ3) is 3.85. The molecular formula is C22H17ClN2O3. The van der Waals surface area contributed by atoms with Crippen molar-refractivity contribution in [2.45, 2.75) is 6.42 Å². The summed E-state index contributed by atoms with van der Waals surface area (Å²) in [5.41, 5.74) is 6.94. The van der Waals surface area contributed by atoms with Crippen LogP contribution in [0.25, 0.3) is 16.8 Å². The molecule has 0 atom stereocenters. The van der Waals surface area contributed by atoms with Crippen molar-refractivity contribution < 1.29 is 14.3 Å². The van der Waals surface area contributed by atoms with Gasteiger partial charge in [-0.3, -0.25) is 20.4 Å². The number of hydrogen-bond donors (Lipinski definition) is 2. The van der Waals surface area contributed by atoms with Gasteiger partial charge < -0.3 is 4.74 Å². The molecule has 1 heterocycles. The SMILES string of the molecule is O=C(Cc1cccc2ccccc12)NNC(=O)C1=Cc2cc(Cl)ccc2OC1. The minimum Gasteiger partial charge on any atom is -0.488 e. The number of rotatable bonds is 3. The second kappa shape index (κ2) is 7.74. The van der Waals surface area contributed by atoms with Crippen molar-refractivity contribution in [3.8, 4) is 5.75 Å². The molecule has 4 rings (SSSR count). The topological polar surface area (TPSA) is 67.4 Å². The molecule has 0 unspecified atom stereocenters. The first-order valence-corrected chi connectivity index (χ1v) is 9.17. The number of ether oxygens (including phenoxy) is 1. The second-order valence-electron chi connectivity index (χ2n) is 6.46. The van der Waals surface area contributed by atoms with Crippen LogP contribution >= 0.6 is 11.6 Å². The Labute approximate surface area is 166 Å². The molecule has 0 aromatic heterocycles. The normalized spacial score (nSPS) is 12.5. The molecule has 0 radical (unpaired) electrons. The summed E-state index contributed by atoms with van der Waals surface area (Å²) in [6.45, 7) is 0.125. The van der Waals surface area contributed by atoms with E-state index in [-0.39, 0.29) is 18.9 Å². The predicted octanol–water partition coefficient (Wildman–Crippen LogP) is 3.66. The number of hydrazine groups is 1. The van der Waals surface area contributed by atoms with E-state index in [1.54, 1.807) is 24.3 Å². The first-order chi connectivity index (χ1) is 13.6. The van der Waals surface area contributed by atoms with E-state index in [9.17, 15) is 9.59 Å². The fourth-order valence-electron chi connectivity index (χ4n) is 3.15. The van der Waals surface area contributed by atoms with Gasteiger partial charge in [-0.05, 0) is 40.6 Å². The lowest BCUT2D eigenvalue weighted by molar-refractivity contribution is -0.126. The van der Waals surface area contributed by atoms with Gasteiger partial charge in [0.15, 0.2) is 0 Å². The Morgan fingerprint density at radius 1 is 1.00 bits per heavy atom. The molecule has 6 heteroatoms. The Morgan fingerprint density at radius 2 is 1.82 bits per heavy atom. The van der Waals surface area contributed by atoms with Crippen molar-refractivity contribution >= 4 is 40.3 Å². The van der Waals surface area contributed by atoms with Crippen LogP contribution in [0.5, 0.6) is 5.75 Å². The zero-order valence-corrected chi connectivity index (χ0v) is 15.6. The zero-order valence-electron chi connectivity index (χ0n) is 14.9. The Bertz CT molecular complexity index is 1100.